The molecule has 2 unspecified atom stereocenters. The molecule has 1 N–H and O–H groups in total. The predicted octanol–water partition coefficient (Wildman–Crippen LogP) is 3.15. The lowest BCUT2D eigenvalue weighted by molar-refractivity contribution is -0.274. The highest BCUT2D eigenvalue weighted by molar-refractivity contribution is 5.69. The molecule has 10 heteroatoms. The monoisotopic (exact) mass is 388 g/mol. The van der Waals surface area contributed by atoms with Crippen LogP contribution in [0, 0.1) is 11.3 Å². The number of fused-ring (bicyclic) bond motifs is 1. The Kier molecular flexibility index (Phi) is 4.83. The highest BCUT2D eigenvalue weighted by Gasteiger charge is 2.52. The lowest BCUT2D eigenvalue weighted by Crippen LogP contribution is -2.37. The molecule has 0 bridgehead atoms. The van der Waals surface area contributed by atoms with E-state index in [9.17, 15) is 22.8 Å². The third-order valence-electron chi connectivity index (χ3n) is 5.02. The molecule has 2 aliphatic rings. The lowest BCUT2D eigenvalue weighted by atomic mass is 9.83. The molecular weight excluding hydrogens is 369 g/mol. The van der Waals surface area contributed by atoms with Crippen LogP contribution in [0.4, 0.5) is 22.8 Å². The van der Waals surface area contributed by atoms with E-state index in [4.69, 9.17) is 9.84 Å². The van der Waals surface area contributed by atoms with Crippen LogP contribution in [-0.2, 0) is 11.3 Å². The molecule has 0 spiro atoms. The Morgan fingerprint density at radius 3 is 2.33 bits per heavy atom. The van der Waals surface area contributed by atoms with Crippen LogP contribution in [0.5, 0.6) is 5.75 Å². The number of benzene rings is 1. The molecule has 2 amide bonds. The smallest absolute Gasteiger partial charge is 0.465 e. The van der Waals surface area contributed by atoms with Crippen molar-refractivity contribution in [1.29, 1.82) is 0 Å². The highest BCUT2D eigenvalue weighted by Crippen LogP contribution is 2.42. The number of halogens is 3. The minimum Gasteiger partial charge on any atom is -0.465 e. The zero-order valence-electron chi connectivity index (χ0n) is 14.5. The Morgan fingerprint density at radius 1 is 1.19 bits per heavy atom. The van der Waals surface area contributed by atoms with Gasteiger partial charge in [-0.15, -0.1) is 13.2 Å². The topological polar surface area (TPSA) is 79.3 Å². The van der Waals surface area contributed by atoms with E-state index in [1.807, 2.05) is 6.92 Å². The number of carbonyl (C=O) groups is 2. The first-order valence-corrected chi connectivity index (χ1v) is 8.30. The number of rotatable bonds is 3. The first-order chi connectivity index (χ1) is 12.6. The molecule has 0 aliphatic carbocycles. The molecule has 2 aliphatic heterocycles. The van der Waals surface area contributed by atoms with Crippen LogP contribution in [0.15, 0.2) is 24.3 Å². The third-order valence-corrected chi connectivity index (χ3v) is 5.02. The van der Waals surface area contributed by atoms with Crippen molar-refractivity contribution in [3.05, 3.63) is 29.8 Å². The summed E-state index contributed by atoms with van der Waals surface area (Å²) in [6, 6.07) is 5.08. The molecule has 0 radical (unpaired) electrons. The van der Waals surface area contributed by atoms with Crippen LogP contribution < -0.4 is 4.74 Å². The van der Waals surface area contributed by atoms with Gasteiger partial charge in [0.2, 0.25) is 0 Å². The van der Waals surface area contributed by atoms with Gasteiger partial charge in [-0.25, -0.2) is 9.59 Å². The first kappa shape index (κ1) is 19.1. The third kappa shape index (κ3) is 4.37. The fraction of sp³-hybridized carbons (Fsp3) is 0.529. The molecule has 148 valence electrons. The number of hydrogen-bond donors (Lipinski definition) is 1. The summed E-state index contributed by atoms with van der Waals surface area (Å²) >= 11 is 0. The second-order valence-electron chi connectivity index (χ2n) is 7.14. The van der Waals surface area contributed by atoms with E-state index in [1.165, 1.54) is 17.0 Å². The van der Waals surface area contributed by atoms with Gasteiger partial charge < -0.3 is 24.4 Å². The van der Waals surface area contributed by atoms with Crippen molar-refractivity contribution in [1.82, 2.24) is 9.80 Å². The Hall–Kier alpha value is -2.65. The van der Waals surface area contributed by atoms with Crippen molar-refractivity contribution >= 4 is 12.2 Å². The van der Waals surface area contributed by atoms with E-state index >= 15 is 0 Å². The van der Waals surface area contributed by atoms with Gasteiger partial charge in [-0.3, -0.25) is 0 Å². The Bertz CT molecular complexity index is 724. The maximum atomic E-state index is 12.3. The molecule has 1 aromatic carbocycles. The molecule has 1 aromatic rings. The Morgan fingerprint density at radius 2 is 1.78 bits per heavy atom. The van der Waals surface area contributed by atoms with E-state index in [0.29, 0.717) is 31.7 Å². The minimum atomic E-state index is -4.76. The standard InChI is InChI=1S/C17H19F3N2O5/c1-16-9-21(14(23)24)6-12(16)7-22(10-16)15(25)26-8-11-2-4-13(5-3-11)27-17(18,19)20/h2-5,12H,6-10H2,1H3,(H,23,24). The quantitative estimate of drug-likeness (QED) is 0.861. The highest BCUT2D eigenvalue weighted by atomic mass is 19.4. The number of ether oxygens (including phenoxy) is 2. The maximum absolute atomic E-state index is 12.3. The molecule has 0 saturated carbocycles. The number of nitrogens with zero attached hydrogens (tertiary/aromatic N) is 2. The van der Waals surface area contributed by atoms with Crippen molar-refractivity contribution in [3.63, 3.8) is 0 Å². The SMILES string of the molecule is CC12CN(C(=O)O)CC1CN(C(=O)OCc1ccc(OC(F)(F)F)cc1)C2. The molecule has 27 heavy (non-hydrogen) atoms. The van der Waals surface area contributed by atoms with E-state index in [-0.39, 0.29) is 23.7 Å². The average Bonchev–Trinajstić information content (AvgIpc) is 3.04. The van der Waals surface area contributed by atoms with Crippen LogP contribution >= 0.6 is 0 Å². The van der Waals surface area contributed by atoms with Gasteiger partial charge in [0, 0.05) is 37.5 Å². The van der Waals surface area contributed by atoms with Gasteiger partial charge in [0.05, 0.1) is 0 Å². The van der Waals surface area contributed by atoms with Crippen molar-refractivity contribution in [2.75, 3.05) is 26.2 Å². The molecule has 0 aromatic heterocycles. The van der Waals surface area contributed by atoms with Crippen molar-refractivity contribution in [2.45, 2.75) is 19.9 Å². The summed E-state index contributed by atoms with van der Waals surface area (Å²) < 4.78 is 45.4. The number of hydrogen-bond acceptors (Lipinski definition) is 4. The molecule has 2 atom stereocenters. The van der Waals surface area contributed by atoms with Gasteiger partial charge in [-0.1, -0.05) is 19.1 Å². The Labute approximate surface area is 153 Å². The first-order valence-electron chi connectivity index (χ1n) is 8.30. The molecule has 3 rings (SSSR count). The van der Waals surface area contributed by atoms with E-state index < -0.39 is 18.5 Å². The lowest BCUT2D eigenvalue weighted by Gasteiger charge is -2.24. The average molecular weight is 388 g/mol. The second kappa shape index (κ2) is 6.82. The summed E-state index contributed by atoms with van der Waals surface area (Å²) in [7, 11) is 0. The van der Waals surface area contributed by atoms with E-state index in [1.54, 1.807) is 4.90 Å². The molecule has 2 heterocycles. The van der Waals surface area contributed by atoms with Crippen molar-refractivity contribution in [2.24, 2.45) is 11.3 Å². The summed E-state index contributed by atoms with van der Waals surface area (Å²) in [4.78, 5) is 26.3. The number of alkyl halides is 3. The molecule has 7 nitrogen and oxygen atoms in total. The summed E-state index contributed by atoms with van der Waals surface area (Å²) in [5.74, 6) is -0.291. The summed E-state index contributed by atoms with van der Waals surface area (Å²) in [6.07, 6.45) is -6.24. The number of carbonyl (C=O) groups excluding carboxylic acids is 1. The normalized spacial score (nSPS) is 24.7. The van der Waals surface area contributed by atoms with Crippen molar-refractivity contribution < 1.29 is 37.3 Å². The fourth-order valence-corrected chi connectivity index (χ4v) is 3.65. The second-order valence-corrected chi connectivity index (χ2v) is 7.14. The summed E-state index contributed by atoms with van der Waals surface area (Å²) in [5, 5.41) is 9.10. The minimum absolute atomic E-state index is 0.0555. The van der Waals surface area contributed by atoms with Crippen LogP contribution in [0.3, 0.4) is 0 Å². The van der Waals surface area contributed by atoms with Crippen LogP contribution in [0.2, 0.25) is 0 Å². The number of amides is 2. The maximum Gasteiger partial charge on any atom is 0.573 e. The molecule has 2 fully saturated rings. The zero-order valence-corrected chi connectivity index (χ0v) is 14.5. The molecular formula is C17H19F3N2O5. The number of carboxylic acid groups (broad SMARTS) is 1. The van der Waals surface area contributed by atoms with Gasteiger partial charge in [0.25, 0.3) is 0 Å². The predicted molar refractivity (Wildman–Crippen MR) is 86.1 cm³/mol. The van der Waals surface area contributed by atoms with Gasteiger partial charge in [-0.05, 0) is 17.7 Å². The fourth-order valence-electron chi connectivity index (χ4n) is 3.65. The zero-order chi connectivity index (χ0) is 19.8. The van der Waals surface area contributed by atoms with E-state index in [0.717, 1.165) is 12.1 Å². The van der Waals surface area contributed by atoms with E-state index in [2.05, 4.69) is 4.74 Å². The van der Waals surface area contributed by atoms with Crippen LogP contribution in [0.25, 0.3) is 0 Å². The summed E-state index contributed by atoms with van der Waals surface area (Å²) in [6.45, 7) is 3.45. The molecule has 2 saturated heterocycles. The number of likely N-dealkylation sites (tertiary alicyclic amines) is 2. The van der Waals surface area contributed by atoms with Crippen molar-refractivity contribution in [3.8, 4) is 5.75 Å². The van der Waals surface area contributed by atoms with Crippen LogP contribution in [-0.4, -0.2) is 59.6 Å². The van der Waals surface area contributed by atoms with Gasteiger partial charge in [0.15, 0.2) is 0 Å². The Balaban J connectivity index is 1.50. The largest absolute Gasteiger partial charge is 0.573 e. The van der Waals surface area contributed by atoms with Crippen LogP contribution in [0.1, 0.15) is 12.5 Å². The van der Waals surface area contributed by atoms with Gasteiger partial charge in [0.1, 0.15) is 12.4 Å². The summed E-state index contributed by atoms with van der Waals surface area (Å²) in [5.41, 5.74) is 0.231. The van der Waals surface area contributed by atoms with Gasteiger partial charge >= 0.3 is 18.5 Å². The van der Waals surface area contributed by atoms with Gasteiger partial charge in [-0.2, -0.15) is 0 Å².